The zero-order valence-electron chi connectivity index (χ0n) is 13.9. The molecular formula is C20H28O2. The molecule has 0 heterocycles. The standard InChI is InChI=1S/C20H28O2/c1-12(21)19-8-5-15-10-18-14(11-20(15,19)2)4-3-13-9-16(22)6-7-17(13)18/h9,14-15,17-19H,3-8,10-11H2,1-2H3/t14-,15-,17+,18+,19+,20-/m0/s1. The molecule has 2 heteroatoms. The number of rotatable bonds is 1. The largest absolute Gasteiger partial charge is 0.300 e. The molecule has 3 fully saturated rings. The molecule has 0 aromatic rings. The number of hydrogen-bond acceptors (Lipinski definition) is 2. The quantitative estimate of drug-likeness (QED) is 0.722. The van der Waals surface area contributed by atoms with Crippen LogP contribution in [0.5, 0.6) is 0 Å². The summed E-state index contributed by atoms with van der Waals surface area (Å²) in [6, 6.07) is 0. The number of allylic oxidation sites excluding steroid dienone is 2. The lowest BCUT2D eigenvalue weighted by molar-refractivity contribution is -0.127. The number of hydrogen-bond donors (Lipinski definition) is 0. The maximum atomic E-state index is 12.1. The van der Waals surface area contributed by atoms with E-state index < -0.39 is 0 Å². The van der Waals surface area contributed by atoms with E-state index in [2.05, 4.69) is 6.92 Å². The number of carbonyl (C=O) groups excluding carboxylic acids is 2. The van der Waals surface area contributed by atoms with Gasteiger partial charge in [-0.15, -0.1) is 0 Å². The van der Waals surface area contributed by atoms with Gasteiger partial charge in [0.15, 0.2) is 5.78 Å². The van der Waals surface area contributed by atoms with Crippen LogP contribution in [-0.2, 0) is 9.59 Å². The van der Waals surface area contributed by atoms with Crippen LogP contribution >= 0.6 is 0 Å². The van der Waals surface area contributed by atoms with E-state index in [9.17, 15) is 9.59 Å². The van der Waals surface area contributed by atoms with E-state index in [-0.39, 0.29) is 5.41 Å². The molecule has 0 spiro atoms. The molecule has 0 radical (unpaired) electrons. The van der Waals surface area contributed by atoms with E-state index in [4.69, 9.17) is 0 Å². The van der Waals surface area contributed by atoms with E-state index in [0.717, 1.165) is 43.4 Å². The fourth-order valence-corrected chi connectivity index (χ4v) is 6.69. The third kappa shape index (κ3) is 2.06. The van der Waals surface area contributed by atoms with Gasteiger partial charge >= 0.3 is 0 Å². The predicted molar refractivity (Wildman–Crippen MR) is 86.3 cm³/mol. The third-order valence-corrected chi connectivity index (χ3v) is 7.73. The van der Waals surface area contributed by atoms with E-state index in [0.29, 0.717) is 23.4 Å². The van der Waals surface area contributed by atoms with Crippen molar-refractivity contribution in [1.82, 2.24) is 0 Å². The van der Waals surface area contributed by atoms with Gasteiger partial charge in [0.25, 0.3) is 0 Å². The minimum Gasteiger partial charge on any atom is -0.300 e. The molecule has 0 aromatic carbocycles. The van der Waals surface area contributed by atoms with E-state index in [1.807, 2.05) is 6.08 Å². The normalized spacial score (nSPS) is 47.3. The SMILES string of the molecule is CC(=O)[C@H]1CC[C@H]2C[C@@H]3[C@@H](CCC4=CC(=O)CC[C@H]43)C[C@@]21C. The van der Waals surface area contributed by atoms with Crippen LogP contribution < -0.4 is 0 Å². The lowest BCUT2D eigenvalue weighted by Gasteiger charge is -2.52. The van der Waals surface area contributed by atoms with Crippen LogP contribution in [-0.4, -0.2) is 11.6 Å². The number of carbonyl (C=O) groups is 2. The topological polar surface area (TPSA) is 34.1 Å². The molecule has 4 aliphatic rings. The smallest absolute Gasteiger partial charge is 0.155 e. The minimum atomic E-state index is 0.263. The Bertz CT molecular complexity index is 546. The molecule has 0 aromatic heterocycles. The fourth-order valence-electron chi connectivity index (χ4n) is 6.69. The second-order valence-corrected chi connectivity index (χ2v) is 8.68. The highest BCUT2D eigenvalue weighted by molar-refractivity contribution is 5.91. The van der Waals surface area contributed by atoms with Crippen molar-refractivity contribution in [2.45, 2.75) is 65.2 Å². The molecule has 4 rings (SSSR count). The van der Waals surface area contributed by atoms with Gasteiger partial charge < -0.3 is 0 Å². The molecule has 4 aliphatic carbocycles. The van der Waals surface area contributed by atoms with Crippen LogP contribution in [0.1, 0.15) is 65.2 Å². The first-order valence-electron chi connectivity index (χ1n) is 9.23. The van der Waals surface area contributed by atoms with Crippen molar-refractivity contribution in [3.05, 3.63) is 11.6 Å². The average molecular weight is 300 g/mol. The molecule has 0 amide bonds. The van der Waals surface area contributed by atoms with Crippen molar-refractivity contribution >= 4 is 11.6 Å². The molecular weight excluding hydrogens is 272 g/mol. The van der Waals surface area contributed by atoms with Gasteiger partial charge in [-0.25, -0.2) is 0 Å². The van der Waals surface area contributed by atoms with Gasteiger partial charge in [0.05, 0.1) is 0 Å². The van der Waals surface area contributed by atoms with Crippen molar-refractivity contribution in [2.75, 3.05) is 0 Å². The summed E-state index contributed by atoms with van der Waals surface area (Å²) in [6.45, 7) is 4.21. The summed E-state index contributed by atoms with van der Waals surface area (Å²) in [5, 5.41) is 0. The van der Waals surface area contributed by atoms with Crippen molar-refractivity contribution < 1.29 is 9.59 Å². The monoisotopic (exact) mass is 300 g/mol. The summed E-state index contributed by atoms with van der Waals surface area (Å²) in [5.74, 6) is 4.07. The Labute approximate surface area is 133 Å². The Balaban J connectivity index is 1.60. The highest BCUT2D eigenvalue weighted by atomic mass is 16.1. The zero-order valence-corrected chi connectivity index (χ0v) is 13.9. The molecule has 0 unspecified atom stereocenters. The predicted octanol–water partition coefficient (Wildman–Crippen LogP) is 4.33. The maximum absolute atomic E-state index is 12.1. The van der Waals surface area contributed by atoms with Gasteiger partial charge in [0.2, 0.25) is 0 Å². The summed E-state index contributed by atoms with van der Waals surface area (Å²) < 4.78 is 0. The van der Waals surface area contributed by atoms with Gasteiger partial charge in [-0.1, -0.05) is 12.5 Å². The molecule has 0 bridgehead atoms. The van der Waals surface area contributed by atoms with Gasteiger partial charge in [0.1, 0.15) is 5.78 Å². The van der Waals surface area contributed by atoms with Gasteiger partial charge in [-0.05, 0) is 87.0 Å². The van der Waals surface area contributed by atoms with Crippen molar-refractivity contribution in [1.29, 1.82) is 0 Å². The second kappa shape index (κ2) is 5.04. The Morgan fingerprint density at radius 1 is 1.18 bits per heavy atom. The number of ketones is 2. The minimum absolute atomic E-state index is 0.263. The first kappa shape index (κ1) is 14.7. The summed E-state index contributed by atoms with van der Waals surface area (Å²) in [6.07, 6.45) is 11.1. The van der Waals surface area contributed by atoms with Crippen LogP contribution in [0, 0.1) is 35.0 Å². The van der Waals surface area contributed by atoms with Crippen molar-refractivity contribution in [3.8, 4) is 0 Å². The third-order valence-electron chi connectivity index (χ3n) is 7.73. The molecule has 22 heavy (non-hydrogen) atoms. The van der Waals surface area contributed by atoms with E-state index in [1.165, 1.54) is 31.3 Å². The molecule has 0 N–H and O–H groups in total. The van der Waals surface area contributed by atoms with E-state index >= 15 is 0 Å². The summed E-state index contributed by atoms with van der Waals surface area (Å²) in [4.78, 5) is 23.8. The summed E-state index contributed by atoms with van der Waals surface area (Å²) >= 11 is 0. The molecule has 0 saturated heterocycles. The highest BCUT2D eigenvalue weighted by Crippen LogP contribution is 2.62. The zero-order chi connectivity index (χ0) is 15.5. The molecule has 120 valence electrons. The van der Waals surface area contributed by atoms with Crippen LogP contribution in [0.2, 0.25) is 0 Å². The average Bonchev–Trinajstić information content (AvgIpc) is 2.80. The summed E-state index contributed by atoms with van der Waals surface area (Å²) in [5.41, 5.74) is 1.72. The fraction of sp³-hybridized carbons (Fsp3) is 0.800. The van der Waals surface area contributed by atoms with Crippen LogP contribution in [0.4, 0.5) is 0 Å². The van der Waals surface area contributed by atoms with Crippen molar-refractivity contribution in [3.63, 3.8) is 0 Å². The summed E-state index contributed by atoms with van der Waals surface area (Å²) in [7, 11) is 0. The first-order chi connectivity index (χ1) is 10.5. The highest BCUT2D eigenvalue weighted by Gasteiger charge is 2.55. The Hall–Kier alpha value is -0.920. The van der Waals surface area contributed by atoms with Crippen molar-refractivity contribution in [2.24, 2.45) is 35.0 Å². The Kier molecular flexibility index (Phi) is 3.36. The molecule has 0 aliphatic heterocycles. The van der Waals surface area contributed by atoms with Crippen LogP contribution in [0.15, 0.2) is 11.6 Å². The van der Waals surface area contributed by atoms with Gasteiger partial charge in [-0.2, -0.15) is 0 Å². The number of fused-ring (bicyclic) bond motifs is 4. The number of Topliss-reactive ketones (excluding diaryl/α,β-unsaturated/α-hetero) is 1. The van der Waals surface area contributed by atoms with Gasteiger partial charge in [0, 0.05) is 12.3 Å². The van der Waals surface area contributed by atoms with Crippen LogP contribution in [0.25, 0.3) is 0 Å². The first-order valence-corrected chi connectivity index (χ1v) is 9.23. The Morgan fingerprint density at radius 2 is 2.00 bits per heavy atom. The maximum Gasteiger partial charge on any atom is 0.155 e. The van der Waals surface area contributed by atoms with Crippen LogP contribution in [0.3, 0.4) is 0 Å². The molecule has 6 atom stereocenters. The molecule has 3 saturated carbocycles. The van der Waals surface area contributed by atoms with E-state index in [1.54, 1.807) is 6.92 Å². The lowest BCUT2D eigenvalue weighted by atomic mass is 9.52. The Morgan fingerprint density at radius 3 is 2.77 bits per heavy atom. The lowest BCUT2D eigenvalue weighted by Crippen LogP contribution is -2.46. The van der Waals surface area contributed by atoms with Gasteiger partial charge in [-0.3, -0.25) is 9.59 Å². The second-order valence-electron chi connectivity index (χ2n) is 8.68. The molecule has 2 nitrogen and oxygen atoms in total.